The van der Waals surface area contributed by atoms with Gasteiger partial charge in [-0.25, -0.2) is 8.42 Å². The van der Waals surface area contributed by atoms with Crippen molar-refractivity contribution in [3.8, 4) is 0 Å². The summed E-state index contributed by atoms with van der Waals surface area (Å²) in [5.74, 6) is 1.10. The molecule has 0 atom stereocenters. The van der Waals surface area contributed by atoms with E-state index < -0.39 is 10.0 Å². The summed E-state index contributed by atoms with van der Waals surface area (Å²) >= 11 is 3.16. The minimum Gasteiger partial charge on any atom is -0.452 e. The third-order valence-electron chi connectivity index (χ3n) is 3.68. The summed E-state index contributed by atoms with van der Waals surface area (Å²) in [6.45, 7) is 3.49. The molecule has 5 nitrogen and oxygen atoms in total. The number of furan rings is 1. The number of halogens is 1. The van der Waals surface area contributed by atoms with Gasteiger partial charge in [-0.3, -0.25) is 0 Å². The van der Waals surface area contributed by atoms with E-state index in [1.165, 1.54) is 10.4 Å². The topological polar surface area (TPSA) is 76.5 Å². The summed E-state index contributed by atoms with van der Waals surface area (Å²) in [5.41, 5.74) is 5.47. The van der Waals surface area contributed by atoms with Crippen molar-refractivity contribution >= 4 is 26.0 Å². The van der Waals surface area contributed by atoms with E-state index in [2.05, 4.69) is 22.9 Å². The highest BCUT2D eigenvalue weighted by molar-refractivity contribution is 9.10. The fraction of sp³-hybridized carbons (Fsp3) is 0.667. The van der Waals surface area contributed by atoms with Crippen molar-refractivity contribution in [1.82, 2.24) is 4.31 Å². The molecule has 2 N–H and O–H groups in total. The number of sulfonamides is 1. The molecule has 0 saturated carbocycles. The highest BCUT2D eigenvalue weighted by Gasteiger charge is 2.32. The molecule has 1 aromatic heterocycles. The van der Waals surface area contributed by atoms with Crippen molar-refractivity contribution in [3.63, 3.8) is 0 Å². The number of nitrogens with two attached hydrogens (primary N) is 1. The molecule has 1 aliphatic rings. The largest absolute Gasteiger partial charge is 0.452 e. The van der Waals surface area contributed by atoms with Crippen LogP contribution in [-0.4, -0.2) is 25.8 Å². The summed E-state index contributed by atoms with van der Waals surface area (Å²) < 4.78 is 32.1. The van der Waals surface area contributed by atoms with Gasteiger partial charge in [0.2, 0.25) is 10.0 Å². The molecular formula is C12H19BrN2O3S. The maximum atomic E-state index is 12.5. The third kappa shape index (κ3) is 3.04. The molecule has 1 aromatic rings. The lowest BCUT2D eigenvalue weighted by Gasteiger charge is -2.30. The van der Waals surface area contributed by atoms with Gasteiger partial charge >= 0.3 is 0 Å². The molecule has 7 heteroatoms. The minimum absolute atomic E-state index is 0.183. The Morgan fingerprint density at radius 1 is 1.47 bits per heavy atom. The summed E-state index contributed by atoms with van der Waals surface area (Å²) in [4.78, 5) is 0.183. The number of hydrogen-bond donors (Lipinski definition) is 1. The van der Waals surface area contributed by atoms with Crippen LogP contribution in [0.25, 0.3) is 0 Å². The summed E-state index contributed by atoms with van der Waals surface area (Å²) in [6, 6.07) is 1.51. The van der Waals surface area contributed by atoms with E-state index in [0.717, 1.165) is 19.3 Å². The van der Waals surface area contributed by atoms with E-state index in [9.17, 15) is 8.42 Å². The van der Waals surface area contributed by atoms with Crippen LogP contribution in [0.3, 0.4) is 0 Å². The predicted octanol–water partition coefficient (Wildman–Crippen LogP) is 2.31. The molecule has 0 aromatic carbocycles. The van der Waals surface area contributed by atoms with E-state index in [-0.39, 0.29) is 16.1 Å². The predicted molar refractivity (Wildman–Crippen MR) is 76.1 cm³/mol. The maximum absolute atomic E-state index is 12.5. The summed E-state index contributed by atoms with van der Waals surface area (Å²) in [6.07, 6.45) is 2.96. The molecule has 19 heavy (non-hydrogen) atoms. The van der Waals surface area contributed by atoms with Crippen molar-refractivity contribution in [2.24, 2.45) is 11.7 Å². The zero-order chi connectivity index (χ0) is 14.0. The molecule has 1 fully saturated rings. The second-order valence-corrected chi connectivity index (χ2v) is 7.44. The fourth-order valence-electron chi connectivity index (χ4n) is 2.37. The molecule has 0 unspecified atom stereocenters. The van der Waals surface area contributed by atoms with Gasteiger partial charge in [-0.2, -0.15) is 4.31 Å². The molecule has 0 aliphatic carbocycles. The van der Waals surface area contributed by atoms with Crippen molar-refractivity contribution in [1.29, 1.82) is 0 Å². The Morgan fingerprint density at radius 2 is 2.11 bits per heavy atom. The lowest BCUT2D eigenvalue weighted by atomic mass is 9.96. The lowest BCUT2D eigenvalue weighted by Crippen LogP contribution is -2.38. The van der Waals surface area contributed by atoms with E-state index in [1.54, 1.807) is 0 Å². The van der Waals surface area contributed by atoms with E-state index in [0.29, 0.717) is 24.8 Å². The molecule has 2 rings (SSSR count). The Morgan fingerprint density at radius 3 is 2.58 bits per heavy atom. The van der Waals surface area contributed by atoms with Crippen molar-refractivity contribution in [2.45, 2.75) is 37.6 Å². The third-order valence-corrected chi connectivity index (χ3v) is 6.43. The smallest absolute Gasteiger partial charge is 0.247 e. The normalized spacial score (nSPS) is 18.9. The number of hydrogen-bond acceptors (Lipinski definition) is 4. The first-order chi connectivity index (χ1) is 8.98. The minimum atomic E-state index is -3.48. The van der Waals surface area contributed by atoms with Crippen LogP contribution in [0, 0.1) is 5.92 Å². The van der Waals surface area contributed by atoms with Gasteiger partial charge in [0.25, 0.3) is 0 Å². The Balaban J connectivity index is 2.20. The summed E-state index contributed by atoms with van der Waals surface area (Å²) in [5, 5.41) is 0. The molecule has 0 radical (unpaired) electrons. The quantitative estimate of drug-likeness (QED) is 0.903. The van der Waals surface area contributed by atoms with E-state index >= 15 is 0 Å². The molecule has 0 amide bonds. The summed E-state index contributed by atoms with van der Waals surface area (Å²) in [7, 11) is -3.48. The van der Waals surface area contributed by atoms with Crippen LogP contribution in [0.1, 0.15) is 31.9 Å². The van der Waals surface area contributed by atoms with Crippen LogP contribution < -0.4 is 5.73 Å². The highest BCUT2D eigenvalue weighted by Crippen LogP contribution is 2.31. The van der Waals surface area contributed by atoms with Gasteiger partial charge in [0.15, 0.2) is 4.67 Å². The van der Waals surface area contributed by atoms with Crippen LogP contribution in [0.2, 0.25) is 0 Å². The van der Waals surface area contributed by atoms with Crippen LogP contribution in [-0.2, 0) is 16.6 Å². The van der Waals surface area contributed by atoms with Crippen LogP contribution >= 0.6 is 15.9 Å². The van der Waals surface area contributed by atoms with Gasteiger partial charge in [-0.05, 0) is 34.7 Å². The molecule has 2 heterocycles. The van der Waals surface area contributed by atoms with Gasteiger partial charge in [-0.15, -0.1) is 0 Å². The van der Waals surface area contributed by atoms with Gasteiger partial charge in [0, 0.05) is 19.2 Å². The zero-order valence-electron chi connectivity index (χ0n) is 10.9. The Kier molecular flexibility index (Phi) is 4.70. The van der Waals surface area contributed by atoms with Crippen molar-refractivity contribution in [3.05, 3.63) is 16.5 Å². The Labute approximate surface area is 122 Å². The van der Waals surface area contributed by atoms with Crippen LogP contribution in [0.5, 0.6) is 0 Å². The Hall–Kier alpha value is -0.370. The van der Waals surface area contributed by atoms with Gasteiger partial charge in [0.05, 0.1) is 6.54 Å². The molecule has 0 spiro atoms. The Bertz CT molecular complexity index is 533. The average Bonchev–Trinajstić information content (AvgIpc) is 2.81. The molecule has 0 bridgehead atoms. The molecule has 1 aliphatic heterocycles. The first-order valence-electron chi connectivity index (χ1n) is 6.47. The molecular weight excluding hydrogens is 332 g/mol. The first-order valence-corrected chi connectivity index (χ1v) is 8.70. The lowest BCUT2D eigenvalue weighted by molar-refractivity contribution is 0.268. The van der Waals surface area contributed by atoms with Crippen LogP contribution in [0.4, 0.5) is 0 Å². The molecule has 1 saturated heterocycles. The second kappa shape index (κ2) is 5.95. The highest BCUT2D eigenvalue weighted by atomic mass is 79.9. The fourth-order valence-corrected chi connectivity index (χ4v) is 4.80. The van der Waals surface area contributed by atoms with E-state index in [1.807, 2.05) is 0 Å². The maximum Gasteiger partial charge on any atom is 0.247 e. The number of rotatable bonds is 4. The van der Waals surface area contributed by atoms with Gasteiger partial charge in [-0.1, -0.05) is 13.3 Å². The van der Waals surface area contributed by atoms with Gasteiger partial charge in [0.1, 0.15) is 10.7 Å². The second-order valence-electron chi connectivity index (χ2n) is 4.81. The standard InChI is InChI=1S/C12H19BrN2O3S/c1-2-9-3-5-15(6-4-9)19(16,17)11-7-10(8-14)18-12(11)13/h7,9H,2-6,8,14H2,1H3. The number of piperidine rings is 1. The van der Waals surface area contributed by atoms with Crippen LogP contribution in [0.15, 0.2) is 20.0 Å². The first kappa shape index (κ1) is 15.0. The molecule has 108 valence electrons. The van der Waals surface area contributed by atoms with Gasteiger partial charge < -0.3 is 10.2 Å². The monoisotopic (exact) mass is 350 g/mol. The van der Waals surface area contributed by atoms with E-state index in [4.69, 9.17) is 10.2 Å². The zero-order valence-corrected chi connectivity index (χ0v) is 13.3. The SMILES string of the molecule is CCC1CCN(S(=O)(=O)c2cc(CN)oc2Br)CC1. The van der Waals surface area contributed by atoms with Crippen molar-refractivity contribution < 1.29 is 12.8 Å². The number of nitrogens with zero attached hydrogens (tertiary/aromatic N) is 1. The average molecular weight is 351 g/mol. The van der Waals surface area contributed by atoms with Crippen molar-refractivity contribution in [2.75, 3.05) is 13.1 Å².